The van der Waals surface area contributed by atoms with Crippen molar-refractivity contribution in [3.05, 3.63) is 0 Å². The lowest BCUT2D eigenvalue weighted by Gasteiger charge is -2.32. The van der Waals surface area contributed by atoms with Crippen LogP contribution in [-0.4, -0.2) is 26.3 Å². The minimum absolute atomic E-state index is 0.651. The number of piperidine rings is 1. The van der Waals surface area contributed by atoms with E-state index in [9.17, 15) is 0 Å². The predicted octanol–water partition coefficient (Wildman–Crippen LogP) is 1.66. The van der Waals surface area contributed by atoms with Gasteiger partial charge in [-0.1, -0.05) is 13.8 Å². The molecule has 72 valence electrons. The van der Waals surface area contributed by atoms with Crippen LogP contribution in [0.25, 0.3) is 0 Å². The number of hydrogen-bond acceptors (Lipinski definition) is 2. The zero-order valence-electron chi connectivity index (χ0n) is 8.47. The molecule has 0 bridgehead atoms. The van der Waals surface area contributed by atoms with Gasteiger partial charge in [-0.15, -0.1) is 0 Å². The molecule has 0 aromatic carbocycles. The Hall–Kier alpha value is -0.0800. The van der Waals surface area contributed by atoms with Crippen LogP contribution in [0.4, 0.5) is 0 Å². The molecule has 0 amide bonds. The van der Waals surface area contributed by atoms with Crippen LogP contribution in [0.3, 0.4) is 0 Å². The van der Waals surface area contributed by atoms with Crippen LogP contribution in [-0.2, 0) is 4.74 Å². The van der Waals surface area contributed by atoms with E-state index in [1.807, 2.05) is 0 Å². The molecule has 12 heavy (non-hydrogen) atoms. The van der Waals surface area contributed by atoms with Crippen molar-refractivity contribution in [2.24, 2.45) is 11.8 Å². The summed E-state index contributed by atoms with van der Waals surface area (Å²) >= 11 is 0. The van der Waals surface area contributed by atoms with E-state index in [0.717, 1.165) is 12.5 Å². The van der Waals surface area contributed by atoms with Gasteiger partial charge in [-0.25, -0.2) is 0 Å². The molecule has 0 spiro atoms. The third-order valence-corrected chi connectivity index (χ3v) is 2.82. The lowest BCUT2D eigenvalue weighted by molar-refractivity contribution is 0.123. The summed E-state index contributed by atoms with van der Waals surface area (Å²) < 4.78 is 5.15. The monoisotopic (exact) mass is 171 g/mol. The van der Waals surface area contributed by atoms with Gasteiger partial charge in [0.2, 0.25) is 0 Å². The van der Waals surface area contributed by atoms with Crippen molar-refractivity contribution in [3.63, 3.8) is 0 Å². The molecule has 3 unspecified atom stereocenters. The molecule has 1 rings (SSSR count). The number of nitrogens with one attached hydrogen (secondary N) is 1. The van der Waals surface area contributed by atoms with E-state index in [0.29, 0.717) is 12.0 Å². The zero-order chi connectivity index (χ0) is 8.97. The minimum Gasteiger partial charge on any atom is -0.384 e. The van der Waals surface area contributed by atoms with Gasteiger partial charge in [-0.3, -0.25) is 0 Å². The summed E-state index contributed by atoms with van der Waals surface area (Å²) in [6.45, 7) is 6.66. The summed E-state index contributed by atoms with van der Waals surface area (Å²) in [6.07, 6.45) is 2.64. The van der Waals surface area contributed by atoms with Crippen LogP contribution in [0.15, 0.2) is 0 Å². The van der Waals surface area contributed by atoms with Gasteiger partial charge in [-0.2, -0.15) is 0 Å². The Morgan fingerprint density at radius 2 is 2.33 bits per heavy atom. The summed E-state index contributed by atoms with van der Waals surface area (Å²) in [6, 6.07) is 0.675. The summed E-state index contributed by atoms with van der Waals surface area (Å²) in [7, 11) is 1.78. The Bertz CT molecular complexity index is 127. The summed E-state index contributed by atoms with van der Waals surface area (Å²) in [5.41, 5.74) is 0. The minimum atomic E-state index is 0.651. The van der Waals surface area contributed by atoms with Crippen molar-refractivity contribution in [1.82, 2.24) is 5.32 Å². The standard InChI is InChI=1S/C10H21NO/c1-8-4-5-11-10(6-8)9(2)7-12-3/h8-11H,4-7H2,1-3H3. The molecule has 0 radical (unpaired) electrons. The van der Waals surface area contributed by atoms with Gasteiger partial charge in [0.1, 0.15) is 0 Å². The first-order valence-corrected chi connectivity index (χ1v) is 4.96. The second-order valence-electron chi connectivity index (χ2n) is 4.12. The quantitative estimate of drug-likeness (QED) is 0.697. The maximum atomic E-state index is 5.15. The first-order chi connectivity index (χ1) is 5.74. The first-order valence-electron chi connectivity index (χ1n) is 4.96. The van der Waals surface area contributed by atoms with Crippen molar-refractivity contribution < 1.29 is 4.74 Å². The molecule has 0 aromatic heterocycles. The fourth-order valence-electron chi connectivity index (χ4n) is 1.96. The Morgan fingerprint density at radius 3 is 2.92 bits per heavy atom. The SMILES string of the molecule is COCC(C)C1CC(C)CCN1. The van der Waals surface area contributed by atoms with E-state index in [1.165, 1.54) is 19.4 Å². The van der Waals surface area contributed by atoms with Gasteiger partial charge in [0.05, 0.1) is 6.61 Å². The topological polar surface area (TPSA) is 21.3 Å². The molecule has 1 aliphatic rings. The first kappa shape index (κ1) is 10.0. The average Bonchev–Trinajstić information content (AvgIpc) is 2.05. The molecule has 3 atom stereocenters. The van der Waals surface area contributed by atoms with Crippen LogP contribution >= 0.6 is 0 Å². The molecule has 1 heterocycles. The zero-order valence-corrected chi connectivity index (χ0v) is 8.47. The van der Waals surface area contributed by atoms with Crippen molar-refractivity contribution in [2.75, 3.05) is 20.3 Å². The highest BCUT2D eigenvalue weighted by atomic mass is 16.5. The van der Waals surface area contributed by atoms with Crippen LogP contribution in [0.5, 0.6) is 0 Å². The van der Waals surface area contributed by atoms with E-state index >= 15 is 0 Å². The number of hydrogen-bond donors (Lipinski definition) is 1. The van der Waals surface area contributed by atoms with Gasteiger partial charge in [0.15, 0.2) is 0 Å². The molecule has 1 N–H and O–H groups in total. The highest BCUT2D eigenvalue weighted by molar-refractivity contribution is 4.80. The fourth-order valence-corrected chi connectivity index (χ4v) is 1.96. The number of rotatable bonds is 3. The van der Waals surface area contributed by atoms with Gasteiger partial charge in [-0.05, 0) is 31.2 Å². The van der Waals surface area contributed by atoms with Crippen molar-refractivity contribution in [1.29, 1.82) is 0 Å². The van der Waals surface area contributed by atoms with Crippen LogP contribution in [0.2, 0.25) is 0 Å². The van der Waals surface area contributed by atoms with E-state index in [-0.39, 0.29) is 0 Å². The summed E-state index contributed by atoms with van der Waals surface area (Å²) in [5.74, 6) is 1.54. The Labute approximate surface area is 75.7 Å². The van der Waals surface area contributed by atoms with Crippen molar-refractivity contribution in [2.45, 2.75) is 32.7 Å². The molecule has 1 aliphatic heterocycles. The van der Waals surface area contributed by atoms with Crippen LogP contribution < -0.4 is 5.32 Å². The number of ether oxygens (including phenoxy) is 1. The summed E-state index contributed by atoms with van der Waals surface area (Å²) in [5, 5.41) is 3.55. The average molecular weight is 171 g/mol. The second-order valence-corrected chi connectivity index (χ2v) is 4.12. The largest absolute Gasteiger partial charge is 0.384 e. The van der Waals surface area contributed by atoms with Gasteiger partial charge < -0.3 is 10.1 Å². The molecule has 2 heteroatoms. The Kier molecular flexibility index (Phi) is 4.02. The van der Waals surface area contributed by atoms with Gasteiger partial charge in [0.25, 0.3) is 0 Å². The lowest BCUT2D eigenvalue weighted by Crippen LogP contribution is -2.42. The second kappa shape index (κ2) is 4.83. The maximum Gasteiger partial charge on any atom is 0.0502 e. The summed E-state index contributed by atoms with van der Waals surface area (Å²) in [4.78, 5) is 0. The van der Waals surface area contributed by atoms with E-state index in [4.69, 9.17) is 4.74 Å². The van der Waals surface area contributed by atoms with Crippen molar-refractivity contribution >= 4 is 0 Å². The van der Waals surface area contributed by atoms with Gasteiger partial charge in [0, 0.05) is 13.2 Å². The van der Waals surface area contributed by atoms with E-state index < -0.39 is 0 Å². The highest BCUT2D eigenvalue weighted by Gasteiger charge is 2.22. The molecule has 0 aliphatic carbocycles. The Morgan fingerprint density at radius 1 is 1.58 bits per heavy atom. The molecule has 2 nitrogen and oxygen atoms in total. The molecular weight excluding hydrogens is 150 g/mol. The van der Waals surface area contributed by atoms with Crippen LogP contribution in [0, 0.1) is 11.8 Å². The third kappa shape index (κ3) is 2.76. The normalized spacial score (nSPS) is 33.2. The number of methoxy groups -OCH3 is 1. The maximum absolute atomic E-state index is 5.15. The fraction of sp³-hybridized carbons (Fsp3) is 1.00. The smallest absolute Gasteiger partial charge is 0.0502 e. The van der Waals surface area contributed by atoms with E-state index in [1.54, 1.807) is 7.11 Å². The highest BCUT2D eigenvalue weighted by Crippen LogP contribution is 2.20. The molecule has 0 saturated carbocycles. The molecule has 1 saturated heterocycles. The third-order valence-electron chi connectivity index (χ3n) is 2.82. The van der Waals surface area contributed by atoms with Crippen molar-refractivity contribution in [3.8, 4) is 0 Å². The van der Waals surface area contributed by atoms with Gasteiger partial charge >= 0.3 is 0 Å². The van der Waals surface area contributed by atoms with Crippen LogP contribution in [0.1, 0.15) is 26.7 Å². The van der Waals surface area contributed by atoms with E-state index in [2.05, 4.69) is 19.2 Å². The predicted molar refractivity (Wildman–Crippen MR) is 51.2 cm³/mol. The lowest BCUT2D eigenvalue weighted by atomic mass is 9.88. The molecule has 0 aromatic rings. The Balaban J connectivity index is 2.29. The molecule has 1 fully saturated rings. The molecular formula is C10H21NO.